The first kappa shape index (κ1) is 20.9. The Balaban J connectivity index is 2.07. The molecule has 0 amide bonds. The van der Waals surface area contributed by atoms with Crippen LogP contribution in [0, 0.1) is 11.3 Å². The molecule has 2 heterocycles. The third kappa shape index (κ3) is 2.79. The summed E-state index contributed by atoms with van der Waals surface area (Å²) in [6, 6.07) is 1.52. The lowest BCUT2D eigenvalue weighted by Crippen LogP contribution is -2.51. The van der Waals surface area contributed by atoms with Crippen LogP contribution in [0.5, 0.6) is 0 Å². The summed E-state index contributed by atoms with van der Waals surface area (Å²) in [7, 11) is -0.664. The normalized spacial score (nSPS) is 22.2. The average molecular weight is 405 g/mol. The van der Waals surface area contributed by atoms with Gasteiger partial charge in [0.1, 0.15) is 0 Å². The number of rotatable bonds is 5. The molecule has 2 atom stereocenters. The van der Waals surface area contributed by atoms with Crippen molar-refractivity contribution < 1.29 is 4.43 Å². The Hall–Kier alpha value is -1.85. The maximum Gasteiger partial charge on any atom is 0.348 e. The number of allylic oxidation sites excluding steroid dienone is 1. The molecule has 0 saturated heterocycles. The summed E-state index contributed by atoms with van der Waals surface area (Å²) in [5, 5.41) is 9.94. The molecule has 1 aromatic heterocycles. The molecule has 2 aliphatic rings. The van der Waals surface area contributed by atoms with Crippen molar-refractivity contribution in [2.45, 2.75) is 89.7 Å². The molecule has 0 unspecified atom stereocenters. The van der Waals surface area contributed by atoms with Gasteiger partial charge in [-0.3, -0.25) is 0 Å². The molecule has 8 heteroatoms. The number of nitriles is 1. The van der Waals surface area contributed by atoms with Crippen molar-refractivity contribution in [1.29, 1.82) is 5.26 Å². The van der Waals surface area contributed by atoms with Gasteiger partial charge in [0.15, 0.2) is 6.04 Å². The largest absolute Gasteiger partial charge is 0.409 e. The van der Waals surface area contributed by atoms with Gasteiger partial charge in [-0.15, -0.1) is 0 Å². The third-order valence-corrected chi connectivity index (χ3v) is 12.9. The van der Waals surface area contributed by atoms with Crippen LogP contribution in [-0.4, -0.2) is 28.4 Å². The fraction of sp³-hybridized carbons (Fsp3) is 0.750. The lowest BCUT2D eigenvalue weighted by Gasteiger charge is -2.45. The summed E-state index contributed by atoms with van der Waals surface area (Å²) >= 11 is 0. The zero-order chi connectivity index (χ0) is 21.0. The second-order valence-electron chi connectivity index (χ2n) is 9.08. The van der Waals surface area contributed by atoms with E-state index in [1.165, 1.54) is 16.4 Å². The van der Waals surface area contributed by atoms with Crippen LogP contribution in [0.15, 0.2) is 20.7 Å². The van der Waals surface area contributed by atoms with Crippen molar-refractivity contribution in [2.75, 3.05) is 0 Å². The minimum atomic E-state index is -2.13. The molecule has 0 fully saturated rings. The van der Waals surface area contributed by atoms with Crippen LogP contribution in [-0.2, 0) is 18.0 Å². The third-order valence-electron chi connectivity index (χ3n) is 6.77. The Labute approximate surface area is 167 Å². The summed E-state index contributed by atoms with van der Waals surface area (Å²) in [6.45, 7) is 13.9. The Morgan fingerprint density at radius 3 is 2.14 bits per heavy atom. The first-order valence-corrected chi connectivity index (χ1v) is 12.4. The zero-order valence-electron chi connectivity index (χ0n) is 18.0. The standard InChI is InChI=1S/C20H32N4O3Si/c1-12(2)28(13(3)4,14(5)6)27-17-9-8-15-11-23-19(25)22(7)20(26)24(23)16(10-21)18(15)17/h12-14,16-17H,8-9,11H2,1-7H3/t16-,17+/m0/s1. The van der Waals surface area contributed by atoms with E-state index in [1.54, 1.807) is 0 Å². The van der Waals surface area contributed by atoms with Crippen molar-refractivity contribution in [1.82, 2.24) is 13.9 Å². The molecule has 0 N–H and O–H groups in total. The number of nitrogens with zero attached hydrogens (tertiary/aromatic N) is 4. The maximum absolute atomic E-state index is 12.6. The van der Waals surface area contributed by atoms with Crippen LogP contribution in [0.25, 0.3) is 0 Å². The van der Waals surface area contributed by atoms with Crippen molar-refractivity contribution in [2.24, 2.45) is 7.05 Å². The summed E-state index contributed by atoms with van der Waals surface area (Å²) in [5.41, 5.74) is 2.54. The molecule has 7 nitrogen and oxygen atoms in total. The highest BCUT2D eigenvalue weighted by molar-refractivity contribution is 6.77. The molecule has 3 rings (SSSR count). The van der Waals surface area contributed by atoms with Gasteiger partial charge < -0.3 is 4.43 Å². The van der Waals surface area contributed by atoms with Crippen LogP contribution in [0.4, 0.5) is 0 Å². The van der Waals surface area contributed by atoms with Crippen molar-refractivity contribution in [3.63, 3.8) is 0 Å². The molecular formula is C20H32N4O3Si. The number of aromatic nitrogens is 3. The van der Waals surface area contributed by atoms with Gasteiger partial charge in [-0.05, 0) is 40.6 Å². The Bertz CT molecular complexity index is 936. The number of hydrogen-bond donors (Lipinski definition) is 0. The van der Waals surface area contributed by atoms with E-state index < -0.39 is 20.0 Å². The second-order valence-corrected chi connectivity index (χ2v) is 14.5. The van der Waals surface area contributed by atoms with Crippen LogP contribution in [0.1, 0.15) is 60.4 Å². The Morgan fingerprint density at radius 2 is 1.64 bits per heavy atom. The first-order valence-electron chi connectivity index (χ1n) is 10.2. The fourth-order valence-corrected chi connectivity index (χ4v) is 11.1. The molecule has 1 aliphatic heterocycles. The van der Waals surface area contributed by atoms with Gasteiger partial charge in [0.2, 0.25) is 8.32 Å². The minimum absolute atomic E-state index is 0.144. The van der Waals surface area contributed by atoms with E-state index in [0.29, 0.717) is 23.2 Å². The highest BCUT2D eigenvalue weighted by Gasteiger charge is 2.49. The van der Waals surface area contributed by atoms with E-state index in [9.17, 15) is 14.9 Å². The van der Waals surface area contributed by atoms with Crippen LogP contribution >= 0.6 is 0 Å². The van der Waals surface area contributed by atoms with Gasteiger partial charge in [0.25, 0.3) is 0 Å². The predicted molar refractivity (Wildman–Crippen MR) is 111 cm³/mol. The highest BCUT2D eigenvalue weighted by Crippen LogP contribution is 2.47. The van der Waals surface area contributed by atoms with Gasteiger partial charge in [-0.2, -0.15) is 5.26 Å². The van der Waals surface area contributed by atoms with Gasteiger partial charge in [-0.1, -0.05) is 41.5 Å². The molecular weight excluding hydrogens is 372 g/mol. The molecule has 1 aliphatic carbocycles. The fourth-order valence-electron chi connectivity index (χ4n) is 5.58. The Kier molecular flexibility index (Phi) is 5.36. The van der Waals surface area contributed by atoms with Crippen LogP contribution in [0.2, 0.25) is 16.6 Å². The molecule has 0 spiro atoms. The quantitative estimate of drug-likeness (QED) is 0.558. The van der Waals surface area contributed by atoms with Gasteiger partial charge in [0, 0.05) is 7.05 Å². The van der Waals surface area contributed by atoms with Gasteiger partial charge in [-0.25, -0.2) is 23.5 Å². The zero-order valence-corrected chi connectivity index (χ0v) is 19.0. The molecule has 154 valence electrons. The van der Waals surface area contributed by atoms with Crippen LogP contribution in [0.3, 0.4) is 0 Å². The average Bonchev–Trinajstić information content (AvgIpc) is 3.12. The smallest absolute Gasteiger partial charge is 0.348 e. The van der Waals surface area contributed by atoms with E-state index in [1.807, 2.05) is 0 Å². The molecule has 0 aromatic carbocycles. The maximum atomic E-state index is 12.6. The predicted octanol–water partition coefficient (Wildman–Crippen LogP) is 3.08. The van der Waals surface area contributed by atoms with Crippen LogP contribution < -0.4 is 11.4 Å². The summed E-state index contributed by atoms with van der Waals surface area (Å²) in [6.07, 6.45) is 1.49. The lowest BCUT2D eigenvalue weighted by molar-refractivity contribution is 0.195. The van der Waals surface area contributed by atoms with Crippen molar-refractivity contribution in [3.05, 3.63) is 32.1 Å². The topological polar surface area (TPSA) is 81.9 Å². The highest BCUT2D eigenvalue weighted by atomic mass is 28.4. The van der Waals surface area contributed by atoms with E-state index in [2.05, 4.69) is 47.6 Å². The molecule has 1 aromatic rings. The molecule has 0 bridgehead atoms. The molecule has 0 radical (unpaired) electrons. The molecule has 0 saturated carbocycles. The van der Waals surface area contributed by atoms with Gasteiger partial charge >= 0.3 is 11.4 Å². The minimum Gasteiger partial charge on any atom is -0.409 e. The van der Waals surface area contributed by atoms with E-state index in [0.717, 1.165) is 28.6 Å². The van der Waals surface area contributed by atoms with Crippen molar-refractivity contribution >= 4 is 8.32 Å². The number of hydrogen-bond acceptors (Lipinski definition) is 4. The first-order chi connectivity index (χ1) is 13.1. The lowest BCUT2D eigenvalue weighted by atomic mass is 10.0. The van der Waals surface area contributed by atoms with Gasteiger partial charge in [0.05, 0.1) is 18.7 Å². The monoisotopic (exact) mass is 404 g/mol. The summed E-state index contributed by atoms with van der Waals surface area (Å²) < 4.78 is 10.8. The SMILES string of the molecule is CC(C)[Si](O[C@@H]1CCC2=C1[C@H](C#N)n1c(=O)n(C)c(=O)n1C2)(C(C)C)C(C)C. The Morgan fingerprint density at radius 1 is 1.07 bits per heavy atom. The summed E-state index contributed by atoms with van der Waals surface area (Å²) in [5.74, 6) is 0. The van der Waals surface area contributed by atoms with E-state index in [-0.39, 0.29) is 11.8 Å². The second kappa shape index (κ2) is 7.19. The van der Waals surface area contributed by atoms with Crippen molar-refractivity contribution in [3.8, 4) is 6.07 Å². The van der Waals surface area contributed by atoms with E-state index >= 15 is 0 Å². The summed E-state index contributed by atoms with van der Waals surface area (Å²) in [4.78, 5) is 25.0. The number of fused-ring (bicyclic) bond motifs is 1. The molecule has 28 heavy (non-hydrogen) atoms. The van der Waals surface area contributed by atoms with E-state index in [4.69, 9.17) is 4.43 Å².